The van der Waals surface area contributed by atoms with Crippen molar-refractivity contribution in [2.45, 2.75) is 43.6 Å². The molecule has 1 aromatic rings. The zero-order valence-electron chi connectivity index (χ0n) is 13.5. The molecule has 1 unspecified atom stereocenters. The van der Waals surface area contributed by atoms with Crippen LogP contribution in [0.2, 0.25) is 10.0 Å². The molecule has 3 nitrogen and oxygen atoms in total. The molecule has 0 radical (unpaired) electrons. The SMILES string of the molecule is OC1(C(CN2CCNCC2)c2ccc(Cl)c(Cl)c2)CCCCC1. The van der Waals surface area contributed by atoms with Crippen molar-refractivity contribution in [3.8, 4) is 0 Å². The molecular weight excluding hydrogens is 331 g/mol. The van der Waals surface area contributed by atoms with Gasteiger partial charge < -0.3 is 15.3 Å². The molecule has 2 fully saturated rings. The Balaban J connectivity index is 1.86. The molecule has 1 saturated carbocycles. The minimum absolute atomic E-state index is 0.0932. The Morgan fingerprint density at radius 2 is 1.78 bits per heavy atom. The van der Waals surface area contributed by atoms with E-state index in [2.05, 4.69) is 10.2 Å². The van der Waals surface area contributed by atoms with Crippen molar-refractivity contribution in [2.75, 3.05) is 32.7 Å². The fourth-order valence-electron chi connectivity index (χ4n) is 3.98. The van der Waals surface area contributed by atoms with Crippen molar-refractivity contribution in [1.29, 1.82) is 0 Å². The molecule has 0 spiro atoms. The summed E-state index contributed by atoms with van der Waals surface area (Å²) in [5.74, 6) is 0.0932. The van der Waals surface area contributed by atoms with Crippen LogP contribution in [0.5, 0.6) is 0 Å². The topological polar surface area (TPSA) is 35.5 Å². The molecule has 1 aliphatic heterocycles. The Kier molecular flexibility index (Phi) is 5.87. The lowest BCUT2D eigenvalue weighted by molar-refractivity contribution is -0.0316. The fourth-order valence-corrected chi connectivity index (χ4v) is 4.29. The molecule has 3 rings (SSSR count). The summed E-state index contributed by atoms with van der Waals surface area (Å²) >= 11 is 12.3. The van der Waals surface area contributed by atoms with Crippen LogP contribution in [0, 0.1) is 0 Å². The molecule has 0 bridgehead atoms. The quantitative estimate of drug-likeness (QED) is 0.863. The number of hydrogen-bond donors (Lipinski definition) is 2. The van der Waals surface area contributed by atoms with E-state index in [9.17, 15) is 5.11 Å². The molecule has 1 aliphatic carbocycles. The third-order valence-electron chi connectivity index (χ3n) is 5.36. The second kappa shape index (κ2) is 7.71. The van der Waals surface area contributed by atoms with Gasteiger partial charge in [-0.25, -0.2) is 0 Å². The minimum Gasteiger partial charge on any atom is -0.389 e. The van der Waals surface area contributed by atoms with Gasteiger partial charge in [0.2, 0.25) is 0 Å². The standard InChI is InChI=1S/C18H26Cl2N2O/c19-16-5-4-14(12-17(16)20)15(13-22-10-8-21-9-11-22)18(23)6-2-1-3-7-18/h4-5,12,15,21,23H,1-3,6-11,13H2. The van der Waals surface area contributed by atoms with E-state index >= 15 is 0 Å². The fraction of sp³-hybridized carbons (Fsp3) is 0.667. The van der Waals surface area contributed by atoms with E-state index in [4.69, 9.17) is 23.2 Å². The molecule has 23 heavy (non-hydrogen) atoms. The second-order valence-corrected chi connectivity index (χ2v) is 7.76. The van der Waals surface area contributed by atoms with Crippen LogP contribution < -0.4 is 5.32 Å². The van der Waals surface area contributed by atoms with E-state index in [1.54, 1.807) is 0 Å². The monoisotopic (exact) mass is 356 g/mol. The highest BCUT2D eigenvalue weighted by molar-refractivity contribution is 6.42. The van der Waals surface area contributed by atoms with Gasteiger partial charge in [-0.2, -0.15) is 0 Å². The Labute approximate surface area is 149 Å². The lowest BCUT2D eigenvalue weighted by Crippen LogP contribution is -2.49. The molecule has 2 aliphatic rings. The first kappa shape index (κ1) is 17.5. The Hall–Kier alpha value is -0.320. The maximum Gasteiger partial charge on any atom is 0.0728 e. The number of piperazine rings is 1. The highest BCUT2D eigenvalue weighted by Gasteiger charge is 2.39. The van der Waals surface area contributed by atoms with E-state index < -0.39 is 5.60 Å². The van der Waals surface area contributed by atoms with E-state index in [1.165, 1.54) is 6.42 Å². The van der Waals surface area contributed by atoms with Gasteiger partial charge in [0.15, 0.2) is 0 Å². The molecule has 1 aromatic carbocycles. The molecule has 1 saturated heterocycles. The summed E-state index contributed by atoms with van der Waals surface area (Å²) in [7, 11) is 0. The van der Waals surface area contributed by atoms with Gasteiger partial charge in [-0.05, 0) is 30.5 Å². The summed E-state index contributed by atoms with van der Waals surface area (Å²) in [6.45, 7) is 5.00. The van der Waals surface area contributed by atoms with Gasteiger partial charge in [0.25, 0.3) is 0 Å². The summed E-state index contributed by atoms with van der Waals surface area (Å²) < 4.78 is 0. The molecule has 2 N–H and O–H groups in total. The summed E-state index contributed by atoms with van der Waals surface area (Å²) in [5, 5.41) is 15.9. The third-order valence-corrected chi connectivity index (χ3v) is 6.10. The Morgan fingerprint density at radius 3 is 2.43 bits per heavy atom. The lowest BCUT2D eigenvalue weighted by Gasteiger charge is -2.42. The average molecular weight is 357 g/mol. The zero-order chi connectivity index (χ0) is 16.3. The summed E-state index contributed by atoms with van der Waals surface area (Å²) in [6, 6.07) is 5.84. The third kappa shape index (κ3) is 4.21. The molecule has 1 heterocycles. The average Bonchev–Trinajstić information content (AvgIpc) is 2.57. The van der Waals surface area contributed by atoms with E-state index in [-0.39, 0.29) is 5.92 Å². The molecule has 128 valence electrons. The van der Waals surface area contributed by atoms with Crippen LogP contribution in [-0.2, 0) is 0 Å². The summed E-state index contributed by atoms with van der Waals surface area (Å²) in [6.07, 6.45) is 5.20. The molecule has 0 aromatic heterocycles. The smallest absolute Gasteiger partial charge is 0.0728 e. The zero-order valence-corrected chi connectivity index (χ0v) is 15.0. The van der Waals surface area contributed by atoms with Gasteiger partial charge in [-0.1, -0.05) is 48.5 Å². The summed E-state index contributed by atoms with van der Waals surface area (Å²) in [4.78, 5) is 2.45. The van der Waals surface area contributed by atoms with E-state index in [0.29, 0.717) is 10.0 Å². The van der Waals surface area contributed by atoms with Crippen molar-refractivity contribution in [3.05, 3.63) is 33.8 Å². The van der Waals surface area contributed by atoms with Crippen molar-refractivity contribution < 1.29 is 5.11 Å². The first-order valence-electron chi connectivity index (χ1n) is 8.69. The van der Waals surface area contributed by atoms with Crippen molar-refractivity contribution >= 4 is 23.2 Å². The second-order valence-electron chi connectivity index (χ2n) is 6.94. The van der Waals surface area contributed by atoms with Crippen LogP contribution in [-0.4, -0.2) is 48.3 Å². The highest BCUT2D eigenvalue weighted by Crippen LogP contribution is 2.41. The normalized spacial score (nSPS) is 23.6. The molecule has 5 heteroatoms. The maximum atomic E-state index is 11.4. The number of hydrogen-bond acceptors (Lipinski definition) is 3. The molecule has 1 atom stereocenters. The van der Waals surface area contributed by atoms with Gasteiger partial charge in [0.1, 0.15) is 0 Å². The maximum absolute atomic E-state index is 11.4. The van der Waals surface area contributed by atoms with Crippen LogP contribution in [0.15, 0.2) is 18.2 Å². The van der Waals surface area contributed by atoms with Gasteiger partial charge in [-0.3, -0.25) is 0 Å². The predicted molar refractivity (Wildman–Crippen MR) is 96.5 cm³/mol. The van der Waals surface area contributed by atoms with E-state index in [1.807, 2.05) is 18.2 Å². The lowest BCUT2D eigenvalue weighted by atomic mass is 9.72. The number of benzene rings is 1. The molecular formula is C18H26Cl2N2O. The van der Waals surface area contributed by atoms with Crippen LogP contribution in [0.4, 0.5) is 0 Å². The van der Waals surface area contributed by atoms with Gasteiger partial charge >= 0.3 is 0 Å². The van der Waals surface area contributed by atoms with Gasteiger partial charge in [0.05, 0.1) is 15.6 Å². The minimum atomic E-state index is -0.625. The van der Waals surface area contributed by atoms with Crippen molar-refractivity contribution in [3.63, 3.8) is 0 Å². The van der Waals surface area contributed by atoms with Crippen LogP contribution in [0.25, 0.3) is 0 Å². The van der Waals surface area contributed by atoms with Crippen LogP contribution in [0.3, 0.4) is 0 Å². The van der Waals surface area contributed by atoms with Crippen LogP contribution in [0.1, 0.15) is 43.6 Å². The molecule has 0 amide bonds. The Bertz CT molecular complexity index is 526. The van der Waals surface area contributed by atoms with Gasteiger partial charge in [0, 0.05) is 38.6 Å². The summed E-state index contributed by atoms with van der Waals surface area (Å²) in [5.41, 5.74) is 0.489. The van der Waals surface area contributed by atoms with Crippen molar-refractivity contribution in [2.24, 2.45) is 0 Å². The highest BCUT2D eigenvalue weighted by atomic mass is 35.5. The number of nitrogens with zero attached hydrogens (tertiary/aromatic N) is 1. The van der Waals surface area contributed by atoms with Crippen LogP contribution >= 0.6 is 23.2 Å². The van der Waals surface area contributed by atoms with E-state index in [0.717, 1.165) is 64.0 Å². The first-order valence-corrected chi connectivity index (χ1v) is 9.44. The van der Waals surface area contributed by atoms with Gasteiger partial charge in [-0.15, -0.1) is 0 Å². The number of halogens is 2. The predicted octanol–water partition coefficient (Wildman–Crippen LogP) is 3.68. The largest absolute Gasteiger partial charge is 0.389 e. The number of rotatable bonds is 4. The first-order chi connectivity index (χ1) is 11.1. The number of nitrogens with one attached hydrogen (secondary N) is 1. The number of aliphatic hydroxyl groups is 1. The van der Waals surface area contributed by atoms with Crippen molar-refractivity contribution in [1.82, 2.24) is 10.2 Å². The Morgan fingerprint density at radius 1 is 1.09 bits per heavy atom.